The Morgan fingerprint density at radius 2 is 1.40 bits per heavy atom. The minimum absolute atomic E-state index is 1.21. The average molecular weight is 207 g/mol. The van der Waals surface area contributed by atoms with Crippen LogP contribution in [0.15, 0.2) is 12.1 Å². The minimum atomic E-state index is 1.21. The number of aromatic nitrogens is 1. The highest BCUT2D eigenvalue weighted by molar-refractivity contribution is 5.13. The second kappa shape index (κ2) is 6.71. The zero-order chi connectivity index (χ0) is 11.1. The lowest BCUT2D eigenvalue weighted by Gasteiger charge is -2.08. The van der Waals surface area contributed by atoms with Gasteiger partial charge in [-0.2, -0.15) is 0 Å². The molecule has 0 aliphatic rings. The van der Waals surface area contributed by atoms with E-state index < -0.39 is 0 Å². The molecule has 1 aromatic rings. The normalized spacial score (nSPS) is 10.9. The standard InChI is InChI=1S/C14H25N/c1-4-5-6-7-8-9-12-15-13(2)10-11-14(15)3/h10-11H,4-9,12H2,1-3H3. The highest BCUT2D eigenvalue weighted by Crippen LogP contribution is 2.11. The Morgan fingerprint density at radius 3 is 2.00 bits per heavy atom. The molecule has 0 fully saturated rings. The number of hydrogen-bond acceptors (Lipinski definition) is 0. The molecule has 86 valence electrons. The SMILES string of the molecule is CCCCCCCCn1c(C)ccc1C. The Kier molecular flexibility index (Phi) is 5.52. The van der Waals surface area contributed by atoms with E-state index in [9.17, 15) is 0 Å². The summed E-state index contributed by atoms with van der Waals surface area (Å²) in [4.78, 5) is 0. The van der Waals surface area contributed by atoms with Crippen molar-refractivity contribution in [2.45, 2.75) is 65.8 Å². The largest absolute Gasteiger partial charge is 0.349 e. The van der Waals surface area contributed by atoms with Crippen LogP contribution in [0.4, 0.5) is 0 Å². The molecule has 1 rings (SSSR count). The maximum absolute atomic E-state index is 2.43. The first-order valence-corrected chi connectivity index (χ1v) is 6.38. The van der Waals surface area contributed by atoms with Crippen molar-refractivity contribution in [2.75, 3.05) is 0 Å². The quantitative estimate of drug-likeness (QED) is 0.581. The van der Waals surface area contributed by atoms with Gasteiger partial charge in [-0.25, -0.2) is 0 Å². The van der Waals surface area contributed by atoms with Crippen LogP contribution in [0.2, 0.25) is 0 Å². The molecule has 0 aliphatic carbocycles. The van der Waals surface area contributed by atoms with Gasteiger partial charge in [-0.1, -0.05) is 39.0 Å². The zero-order valence-corrected chi connectivity index (χ0v) is 10.6. The highest BCUT2D eigenvalue weighted by Gasteiger charge is 1.99. The molecule has 1 aromatic heterocycles. The van der Waals surface area contributed by atoms with Crippen molar-refractivity contribution < 1.29 is 0 Å². The third-order valence-electron chi connectivity index (χ3n) is 3.15. The zero-order valence-electron chi connectivity index (χ0n) is 10.6. The molecule has 0 saturated heterocycles. The predicted molar refractivity (Wildman–Crippen MR) is 67.3 cm³/mol. The van der Waals surface area contributed by atoms with E-state index in [2.05, 4.69) is 37.5 Å². The molecular formula is C14H25N. The van der Waals surface area contributed by atoms with Gasteiger partial charge >= 0.3 is 0 Å². The van der Waals surface area contributed by atoms with Crippen LogP contribution in [-0.4, -0.2) is 4.57 Å². The van der Waals surface area contributed by atoms with Crippen LogP contribution >= 0.6 is 0 Å². The van der Waals surface area contributed by atoms with E-state index in [4.69, 9.17) is 0 Å². The van der Waals surface area contributed by atoms with E-state index in [1.165, 1.54) is 56.5 Å². The maximum atomic E-state index is 2.43. The van der Waals surface area contributed by atoms with Crippen LogP contribution in [0.3, 0.4) is 0 Å². The molecule has 15 heavy (non-hydrogen) atoms. The maximum Gasteiger partial charge on any atom is 0.0224 e. The third-order valence-corrected chi connectivity index (χ3v) is 3.15. The van der Waals surface area contributed by atoms with E-state index in [1.54, 1.807) is 0 Å². The third kappa shape index (κ3) is 4.11. The molecule has 0 atom stereocenters. The number of unbranched alkanes of at least 4 members (excludes halogenated alkanes) is 5. The van der Waals surface area contributed by atoms with Gasteiger partial charge in [-0.15, -0.1) is 0 Å². The van der Waals surface area contributed by atoms with Gasteiger partial charge in [-0.3, -0.25) is 0 Å². The molecular weight excluding hydrogens is 182 g/mol. The Morgan fingerprint density at radius 1 is 0.867 bits per heavy atom. The van der Waals surface area contributed by atoms with E-state index in [0.29, 0.717) is 0 Å². The van der Waals surface area contributed by atoms with Crippen molar-refractivity contribution in [1.29, 1.82) is 0 Å². The molecule has 0 N–H and O–H groups in total. The van der Waals surface area contributed by atoms with Crippen molar-refractivity contribution in [3.8, 4) is 0 Å². The fourth-order valence-electron chi connectivity index (χ4n) is 2.10. The van der Waals surface area contributed by atoms with Gasteiger partial charge < -0.3 is 4.57 Å². The van der Waals surface area contributed by atoms with Crippen LogP contribution < -0.4 is 0 Å². The van der Waals surface area contributed by atoms with Gasteiger partial charge in [0.15, 0.2) is 0 Å². The van der Waals surface area contributed by atoms with Gasteiger partial charge in [0, 0.05) is 17.9 Å². The summed E-state index contributed by atoms with van der Waals surface area (Å²) < 4.78 is 2.43. The van der Waals surface area contributed by atoms with Gasteiger partial charge in [-0.05, 0) is 32.4 Å². The molecule has 0 radical (unpaired) electrons. The molecule has 0 bridgehead atoms. The second-order valence-corrected chi connectivity index (χ2v) is 4.54. The molecule has 0 aliphatic heterocycles. The van der Waals surface area contributed by atoms with E-state index >= 15 is 0 Å². The van der Waals surface area contributed by atoms with Gasteiger partial charge in [0.1, 0.15) is 0 Å². The smallest absolute Gasteiger partial charge is 0.0224 e. The lowest BCUT2D eigenvalue weighted by molar-refractivity contribution is 0.548. The summed E-state index contributed by atoms with van der Waals surface area (Å²) in [6, 6.07) is 4.43. The Balaban J connectivity index is 2.15. The molecule has 0 unspecified atom stereocenters. The fourth-order valence-corrected chi connectivity index (χ4v) is 2.10. The van der Waals surface area contributed by atoms with Crippen LogP contribution in [0.25, 0.3) is 0 Å². The predicted octanol–water partition coefficient (Wildman–Crippen LogP) is 4.47. The van der Waals surface area contributed by atoms with Crippen LogP contribution in [0.5, 0.6) is 0 Å². The molecule has 0 spiro atoms. The fraction of sp³-hybridized carbons (Fsp3) is 0.714. The molecule has 1 nitrogen and oxygen atoms in total. The molecule has 1 heterocycles. The summed E-state index contributed by atoms with van der Waals surface area (Å²) in [5.74, 6) is 0. The number of rotatable bonds is 7. The first kappa shape index (κ1) is 12.4. The van der Waals surface area contributed by atoms with Crippen LogP contribution in [0.1, 0.15) is 56.8 Å². The van der Waals surface area contributed by atoms with Gasteiger partial charge in [0.25, 0.3) is 0 Å². The highest BCUT2D eigenvalue weighted by atomic mass is 15.0. The summed E-state index contributed by atoms with van der Waals surface area (Å²) in [6.45, 7) is 7.87. The average Bonchev–Trinajstić information content (AvgIpc) is 2.54. The topological polar surface area (TPSA) is 4.93 Å². The first-order chi connectivity index (χ1) is 7.25. The van der Waals surface area contributed by atoms with Gasteiger partial charge in [0.05, 0.1) is 0 Å². The Hall–Kier alpha value is -0.720. The minimum Gasteiger partial charge on any atom is -0.349 e. The summed E-state index contributed by atoms with van der Waals surface area (Å²) >= 11 is 0. The molecule has 0 aromatic carbocycles. The lowest BCUT2D eigenvalue weighted by Crippen LogP contribution is -2.01. The Labute approximate surface area is 94.5 Å². The molecule has 0 saturated carbocycles. The molecule has 0 amide bonds. The second-order valence-electron chi connectivity index (χ2n) is 4.54. The lowest BCUT2D eigenvalue weighted by atomic mass is 10.1. The monoisotopic (exact) mass is 207 g/mol. The van der Waals surface area contributed by atoms with Crippen molar-refractivity contribution in [2.24, 2.45) is 0 Å². The van der Waals surface area contributed by atoms with Crippen molar-refractivity contribution in [3.05, 3.63) is 23.5 Å². The summed E-state index contributed by atoms with van der Waals surface area (Å²) in [5, 5.41) is 0. The van der Waals surface area contributed by atoms with E-state index in [1.807, 2.05) is 0 Å². The van der Waals surface area contributed by atoms with Crippen molar-refractivity contribution in [3.63, 3.8) is 0 Å². The molecule has 1 heteroatoms. The number of nitrogens with zero attached hydrogens (tertiary/aromatic N) is 1. The van der Waals surface area contributed by atoms with Crippen molar-refractivity contribution >= 4 is 0 Å². The summed E-state index contributed by atoms with van der Waals surface area (Å²) in [7, 11) is 0. The first-order valence-electron chi connectivity index (χ1n) is 6.38. The van der Waals surface area contributed by atoms with Crippen LogP contribution in [0, 0.1) is 13.8 Å². The Bertz CT molecular complexity index is 253. The summed E-state index contributed by atoms with van der Waals surface area (Å²) in [6.07, 6.45) is 8.29. The van der Waals surface area contributed by atoms with Crippen LogP contribution in [-0.2, 0) is 6.54 Å². The number of hydrogen-bond donors (Lipinski definition) is 0. The number of aryl methyl sites for hydroxylation is 2. The van der Waals surface area contributed by atoms with Gasteiger partial charge in [0.2, 0.25) is 0 Å². The van der Waals surface area contributed by atoms with Crippen molar-refractivity contribution in [1.82, 2.24) is 4.57 Å². The summed E-state index contributed by atoms with van der Waals surface area (Å²) in [5.41, 5.74) is 2.81. The van der Waals surface area contributed by atoms with E-state index in [-0.39, 0.29) is 0 Å². The van der Waals surface area contributed by atoms with E-state index in [0.717, 1.165) is 0 Å².